The number of aliphatic carboxylic acids is 2. The van der Waals surface area contributed by atoms with Gasteiger partial charge >= 0.3 is 11.9 Å². The molecular formula is C23H22N4O5S. The molecule has 0 spiro atoms. The average Bonchev–Trinajstić information content (AvgIpc) is 3.26. The van der Waals surface area contributed by atoms with Gasteiger partial charge in [0.15, 0.2) is 5.41 Å². The first-order chi connectivity index (χ1) is 15.8. The SMILES string of the molecule is CCN(C(=O)c1ccccc1)c1nnc(-c2ccc(CN3CC(C(=O)O)(C(=O)O)C3)cc2)s1. The molecule has 1 amide bonds. The monoisotopic (exact) mass is 466 g/mol. The van der Waals surface area contributed by atoms with Crippen LogP contribution < -0.4 is 4.90 Å². The lowest BCUT2D eigenvalue weighted by molar-refractivity contribution is -0.178. The van der Waals surface area contributed by atoms with Gasteiger partial charge in [0.2, 0.25) is 5.13 Å². The van der Waals surface area contributed by atoms with Crippen LogP contribution in [-0.4, -0.2) is 62.8 Å². The van der Waals surface area contributed by atoms with E-state index in [2.05, 4.69) is 10.2 Å². The van der Waals surface area contributed by atoms with E-state index in [0.29, 0.717) is 28.8 Å². The number of hydrogen-bond donors (Lipinski definition) is 2. The summed E-state index contributed by atoms with van der Waals surface area (Å²) in [5, 5.41) is 28.1. The van der Waals surface area contributed by atoms with Crippen LogP contribution in [0.1, 0.15) is 22.8 Å². The fraction of sp³-hybridized carbons (Fsp3) is 0.261. The Kier molecular flexibility index (Phi) is 6.21. The van der Waals surface area contributed by atoms with Crippen LogP contribution in [0.3, 0.4) is 0 Å². The summed E-state index contributed by atoms with van der Waals surface area (Å²) in [5.74, 6) is -2.74. The minimum atomic E-state index is -1.72. The zero-order valence-corrected chi connectivity index (χ0v) is 18.7. The van der Waals surface area contributed by atoms with Gasteiger partial charge in [0.05, 0.1) is 0 Å². The van der Waals surface area contributed by atoms with E-state index in [1.165, 1.54) is 11.3 Å². The van der Waals surface area contributed by atoms with Gasteiger partial charge in [-0.25, -0.2) is 0 Å². The van der Waals surface area contributed by atoms with Gasteiger partial charge in [-0.2, -0.15) is 0 Å². The van der Waals surface area contributed by atoms with Gasteiger partial charge in [-0.05, 0) is 24.6 Å². The van der Waals surface area contributed by atoms with E-state index in [0.717, 1.165) is 11.1 Å². The van der Waals surface area contributed by atoms with Crippen molar-refractivity contribution in [2.45, 2.75) is 13.5 Å². The third-order valence-corrected chi connectivity index (χ3v) is 6.64. The van der Waals surface area contributed by atoms with Crippen LogP contribution in [0, 0.1) is 5.41 Å². The molecule has 1 fully saturated rings. The molecule has 0 bridgehead atoms. The molecule has 3 aromatic rings. The zero-order chi connectivity index (χ0) is 23.6. The van der Waals surface area contributed by atoms with E-state index >= 15 is 0 Å². The third-order valence-electron chi connectivity index (χ3n) is 5.64. The van der Waals surface area contributed by atoms with Crippen LogP contribution in [-0.2, 0) is 16.1 Å². The first kappa shape index (κ1) is 22.6. The van der Waals surface area contributed by atoms with Crippen molar-refractivity contribution in [3.05, 3.63) is 65.7 Å². The molecule has 2 heterocycles. The number of anilines is 1. The highest BCUT2D eigenvalue weighted by Gasteiger charge is 2.56. The molecule has 2 aromatic carbocycles. The van der Waals surface area contributed by atoms with Crippen molar-refractivity contribution in [3.8, 4) is 10.6 Å². The minimum Gasteiger partial charge on any atom is -0.480 e. The van der Waals surface area contributed by atoms with Gasteiger partial charge in [-0.1, -0.05) is 53.8 Å². The highest BCUT2D eigenvalue weighted by Crippen LogP contribution is 2.33. The number of amides is 1. The maximum absolute atomic E-state index is 12.8. The predicted octanol–water partition coefficient (Wildman–Crippen LogP) is 2.84. The Labute approximate surface area is 193 Å². The molecule has 0 atom stereocenters. The summed E-state index contributed by atoms with van der Waals surface area (Å²) < 4.78 is 0. The quantitative estimate of drug-likeness (QED) is 0.486. The van der Waals surface area contributed by atoms with E-state index in [9.17, 15) is 24.6 Å². The zero-order valence-electron chi connectivity index (χ0n) is 17.8. The molecule has 0 unspecified atom stereocenters. The van der Waals surface area contributed by atoms with Crippen molar-refractivity contribution in [2.75, 3.05) is 24.5 Å². The average molecular weight is 467 g/mol. The lowest BCUT2D eigenvalue weighted by atomic mass is 9.79. The summed E-state index contributed by atoms with van der Waals surface area (Å²) in [6.45, 7) is 2.75. The smallest absolute Gasteiger partial charge is 0.323 e. The largest absolute Gasteiger partial charge is 0.480 e. The number of carbonyl (C=O) groups is 3. The van der Waals surface area contributed by atoms with Gasteiger partial charge in [-0.3, -0.25) is 24.2 Å². The normalized spacial score (nSPS) is 14.9. The van der Waals surface area contributed by atoms with Crippen molar-refractivity contribution >= 4 is 34.3 Å². The van der Waals surface area contributed by atoms with Crippen molar-refractivity contribution in [1.82, 2.24) is 15.1 Å². The maximum atomic E-state index is 12.8. The topological polar surface area (TPSA) is 124 Å². The number of nitrogens with zero attached hydrogens (tertiary/aromatic N) is 4. The number of benzene rings is 2. The molecule has 9 nitrogen and oxygen atoms in total. The molecule has 1 aliphatic rings. The molecule has 1 aromatic heterocycles. The number of carboxylic acids is 2. The summed E-state index contributed by atoms with van der Waals surface area (Å²) >= 11 is 1.33. The van der Waals surface area contributed by atoms with E-state index in [-0.39, 0.29) is 19.0 Å². The molecule has 1 aliphatic heterocycles. The first-order valence-corrected chi connectivity index (χ1v) is 11.1. The molecule has 1 saturated heterocycles. The molecule has 4 rings (SSSR count). The van der Waals surface area contributed by atoms with Gasteiger partial charge in [0, 0.05) is 37.3 Å². The molecule has 2 N–H and O–H groups in total. The van der Waals surface area contributed by atoms with Crippen molar-refractivity contribution < 1.29 is 24.6 Å². The van der Waals surface area contributed by atoms with Crippen LogP contribution in [0.5, 0.6) is 0 Å². The van der Waals surface area contributed by atoms with Crippen LogP contribution in [0.15, 0.2) is 54.6 Å². The second kappa shape index (κ2) is 9.08. The predicted molar refractivity (Wildman–Crippen MR) is 122 cm³/mol. The standard InChI is InChI=1S/C23H22N4O5S/c1-2-27(19(28)17-6-4-3-5-7-17)22-25-24-18(33-22)16-10-8-15(9-11-16)12-26-13-23(14-26,20(29)30)21(31)32/h3-11H,2,12-14H2,1H3,(H,29,30)(H,31,32). The number of hydrogen-bond acceptors (Lipinski definition) is 7. The maximum Gasteiger partial charge on any atom is 0.323 e. The Morgan fingerprint density at radius 1 is 1.00 bits per heavy atom. The van der Waals surface area contributed by atoms with Crippen molar-refractivity contribution in [2.24, 2.45) is 5.41 Å². The molecule has 10 heteroatoms. The molecule has 0 aliphatic carbocycles. The number of carbonyl (C=O) groups excluding carboxylic acids is 1. The third kappa shape index (κ3) is 4.35. The Morgan fingerprint density at radius 2 is 1.64 bits per heavy atom. The summed E-state index contributed by atoms with van der Waals surface area (Å²) in [5.41, 5.74) is 0.647. The fourth-order valence-electron chi connectivity index (χ4n) is 3.75. The minimum absolute atomic E-state index is 0.0263. The summed E-state index contributed by atoms with van der Waals surface area (Å²) in [7, 11) is 0. The fourth-order valence-corrected chi connectivity index (χ4v) is 4.66. The summed E-state index contributed by atoms with van der Waals surface area (Å²) in [6.07, 6.45) is 0. The van der Waals surface area contributed by atoms with Crippen molar-refractivity contribution in [1.29, 1.82) is 0 Å². The molecule has 0 saturated carbocycles. The van der Waals surface area contributed by atoms with Gasteiger partial charge < -0.3 is 10.2 Å². The Morgan fingerprint density at radius 3 is 2.21 bits per heavy atom. The van der Waals surface area contributed by atoms with Gasteiger partial charge in [0.25, 0.3) is 5.91 Å². The summed E-state index contributed by atoms with van der Waals surface area (Å²) in [4.78, 5) is 38.8. The van der Waals surface area contributed by atoms with Crippen LogP contribution in [0.2, 0.25) is 0 Å². The first-order valence-electron chi connectivity index (χ1n) is 10.3. The highest BCUT2D eigenvalue weighted by atomic mass is 32.1. The van der Waals surface area contributed by atoms with E-state index < -0.39 is 17.4 Å². The van der Waals surface area contributed by atoms with Gasteiger partial charge in [-0.15, -0.1) is 10.2 Å². The van der Waals surface area contributed by atoms with E-state index in [1.54, 1.807) is 21.9 Å². The molecule has 170 valence electrons. The second-order valence-corrected chi connectivity index (χ2v) is 8.80. The second-order valence-electron chi connectivity index (χ2n) is 7.84. The summed E-state index contributed by atoms with van der Waals surface area (Å²) in [6, 6.07) is 16.6. The number of rotatable bonds is 8. The number of likely N-dealkylation sites (tertiary alicyclic amines) is 1. The number of aromatic nitrogens is 2. The van der Waals surface area contributed by atoms with Gasteiger partial charge in [0.1, 0.15) is 5.01 Å². The lowest BCUT2D eigenvalue weighted by Gasteiger charge is -2.44. The molecular weight excluding hydrogens is 444 g/mol. The van der Waals surface area contributed by atoms with Crippen LogP contribution in [0.4, 0.5) is 5.13 Å². The molecule has 0 radical (unpaired) electrons. The number of carboxylic acid groups (broad SMARTS) is 2. The Bertz CT molecular complexity index is 1160. The van der Waals surface area contributed by atoms with Crippen molar-refractivity contribution in [3.63, 3.8) is 0 Å². The Balaban J connectivity index is 1.42. The van der Waals surface area contributed by atoms with E-state index in [1.807, 2.05) is 49.4 Å². The Hall–Kier alpha value is -3.63. The lowest BCUT2D eigenvalue weighted by Crippen LogP contribution is -2.63. The van der Waals surface area contributed by atoms with Crippen LogP contribution >= 0.6 is 11.3 Å². The molecule has 33 heavy (non-hydrogen) atoms. The van der Waals surface area contributed by atoms with Crippen LogP contribution in [0.25, 0.3) is 10.6 Å². The highest BCUT2D eigenvalue weighted by molar-refractivity contribution is 7.18. The van der Waals surface area contributed by atoms with E-state index in [4.69, 9.17) is 0 Å².